The lowest BCUT2D eigenvalue weighted by atomic mass is 9.33. The van der Waals surface area contributed by atoms with Gasteiger partial charge >= 0.3 is 11.9 Å². The number of carboxylic acid groups (broad SMARTS) is 1. The van der Waals surface area contributed by atoms with Gasteiger partial charge in [-0.3, -0.25) is 9.59 Å². The summed E-state index contributed by atoms with van der Waals surface area (Å²) in [5, 5.41) is 52.5. The quantitative estimate of drug-likeness (QED) is 0.168. The third-order valence-corrected chi connectivity index (χ3v) is 15.3. The number of methoxy groups -OCH3 is 1. The predicted molar refractivity (Wildman–Crippen MR) is 167 cm³/mol. The van der Waals surface area contributed by atoms with Gasteiger partial charge in [-0.05, 0) is 105 Å². The molecule has 14 atom stereocenters. The molecular weight excluding hydrogens is 592 g/mol. The van der Waals surface area contributed by atoms with Gasteiger partial charge in [-0.1, -0.05) is 39.3 Å². The normalized spacial score (nSPS) is 53.5. The molecule has 4 saturated carbocycles. The first-order valence-corrected chi connectivity index (χ1v) is 17.4. The zero-order valence-electron chi connectivity index (χ0n) is 28.5. The maximum absolute atomic E-state index is 13.0. The minimum Gasteiger partial charge on any atom is -0.481 e. The van der Waals surface area contributed by atoms with Gasteiger partial charge in [0.25, 0.3) is 0 Å². The summed E-state index contributed by atoms with van der Waals surface area (Å²) in [7, 11) is 1.42. The number of esters is 1. The Hall–Kier alpha value is -1.56. The van der Waals surface area contributed by atoms with Gasteiger partial charge in [0, 0.05) is 5.41 Å². The van der Waals surface area contributed by atoms with Crippen LogP contribution in [0.2, 0.25) is 0 Å². The highest BCUT2D eigenvalue weighted by atomic mass is 16.7. The van der Waals surface area contributed by atoms with Gasteiger partial charge in [-0.2, -0.15) is 0 Å². The first-order chi connectivity index (χ1) is 21.5. The summed E-state index contributed by atoms with van der Waals surface area (Å²) < 4.78 is 17.2. The van der Waals surface area contributed by atoms with Crippen molar-refractivity contribution >= 4 is 11.9 Å². The molecule has 0 spiro atoms. The van der Waals surface area contributed by atoms with Crippen LogP contribution in [0.3, 0.4) is 0 Å². The van der Waals surface area contributed by atoms with E-state index in [0.717, 1.165) is 32.1 Å². The molecule has 0 aromatic carbocycles. The minimum atomic E-state index is -1.39. The molecule has 5 aliphatic carbocycles. The van der Waals surface area contributed by atoms with Crippen molar-refractivity contribution < 1.29 is 49.3 Å². The Labute approximate surface area is 272 Å². The topological polar surface area (TPSA) is 163 Å². The number of carboxylic acids is 1. The van der Waals surface area contributed by atoms with Crippen LogP contribution in [-0.4, -0.2) is 88.5 Å². The van der Waals surface area contributed by atoms with E-state index in [0.29, 0.717) is 38.0 Å². The summed E-state index contributed by atoms with van der Waals surface area (Å²) in [4.78, 5) is 26.0. The number of allylic oxidation sites excluding steroid dienone is 2. The van der Waals surface area contributed by atoms with Crippen molar-refractivity contribution in [2.75, 3.05) is 20.3 Å². The van der Waals surface area contributed by atoms with Crippen molar-refractivity contribution in [2.24, 2.45) is 50.2 Å². The highest BCUT2D eigenvalue weighted by molar-refractivity contribution is 5.80. The maximum Gasteiger partial charge on any atom is 0.311 e. The van der Waals surface area contributed by atoms with Crippen LogP contribution >= 0.6 is 0 Å². The first-order valence-electron chi connectivity index (χ1n) is 17.4. The maximum atomic E-state index is 13.0. The van der Waals surface area contributed by atoms with Gasteiger partial charge in [-0.15, -0.1) is 0 Å². The number of hydrogen-bond donors (Lipinski definition) is 5. The standard InChI is InChI=1S/C36H56O10/c1-31(30(43)44-6)13-15-36(29(41)42)16-14-34(4)20(21(36)17-31)7-8-24-32(2)11-10-25(46-28-27(40)26(39)22(38)18-45-28)33(3,19-37)23(32)9-12-35(24,34)5/h7,21-28,37-40H,8-19H2,1-6H3,(H,41,42)/t21-,22+,23-,24+,25-,26-,27+,28-,31-,32-,33-,34+,35+,36-/m0/s1. The van der Waals surface area contributed by atoms with Crippen molar-refractivity contribution in [2.45, 2.75) is 130 Å². The second-order valence-electron chi connectivity index (χ2n) is 17.1. The van der Waals surface area contributed by atoms with Crippen LogP contribution in [-0.2, 0) is 23.8 Å². The van der Waals surface area contributed by atoms with Crippen LogP contribution in [0.1, 0.15) is 98.8 Å². The number of carbonyl (C=O) groups excluding carboxylic acids is 1. The summed E-state index contributed by atoms with van der Waals surface area (Å²) in [6.07, 6.45) is 3.88. The Morgan fingerprint density at radius 3 is 2.28 bits per heavy atom. The van der Waals surface area contributed by atoms with E-state index in [4.69, 9.17) is 14.2 Å². The van der Waals surface area contributed by atoms with Crippen molar-refractivity contribution in [3.8, 4) is 0 Å². The molecule has 1 heterocycles. The van der Waals surface area contributed by atoms with Crippen LogP contribution < -0.4 is 0 Å². The van der Waals surface area contributed by atoms with E-state index in [-0.39, 0.29) is 47.3 Å². The molecule has 0 bridgehead atoms. The average molecular weight is 649 g/mol. The van der Waals surface area contributed by atoms with Gasteiger partial charge < -0.3 is 39.7 Å². The fourth-order valence-electron chi connectivity index (χ4n) is 12.2. The number of hydrogen-bond acceptors (Lipinski definition) is 9. The largest absolute Gasteiger partial charge is 0.481 e. The van der Waals surface area contributed by atoms with Crippen molar-refractivity contribution in [1.82, 2.24) is 0 Å². The first kappa shape index (κ1) is 34.3. The van der Waals surface area contributed by atoms with E-state index in [1.807, 2.05) is 6.92 Å². The van der Waals surface area contributed by atoms with Gasteiger partial charge in [0.2, 0.25) is 0 Å². The summed E-state index contributed by atoms with van der Waals surface area (Å²) in [5.74, 6) is -0.822. The molecular formula is C36H56O10. The van der Waals surface area contributed by atoms with Gasteiger partial charge in [0.15, 0.2) is 6.29 Å². The number of carbonyl (C=O) groups is 2. The predicted octanol–water partition coefficient (Wildman–Crippen LogP) is 3.82. The van der Waals surface area contributed by atoms with Gasteiger partial charge in [0.05, 0.1) is 37.3 Å². The molecule has 10 nitrogen and oxygen atoms in total. The van der Waals surface area contributed by atoms with Crippen LogP contribution in [0.15, 0.2) is 11.6 Å². The van der Waals surface area contributed by atoms with Gasteiger partial charge in [-0.25, -0.2) is 0 Å². The molecule has 0 radical (unpaired) electrons. The zero-order chi connectivity index (χ0) is 33.7. The molecule has 1 saturated heterocycles. The lowest BCUT2D eigenvalue weighted by molar-refractivity contribution is -0.312. The van der Waals surface area contributed by atoms with Gasteiger partial charge in [0.1, 0.15) is 18.3 Å². The molecule has 5 fully saturated rings. The van der Waals surface area contributed by atoms with E-state index in [1.165, 1.54) is 12.7 Å². The smallest absolute Gasteiger partial charge is 0.311 e. The monoisotopic (exact) mass is 648 g/mol. The second kappa shape index (κ2) is 11.2. The van der Waals surface area contributed by atoms with E-state index in [1.54, 1.807) is 0 Å². The highest BCUT2D eigenvalue weighted by Gasteiger charge is 2.70. The number of aliphatic hydroxyl groups excluding tert-OH is 4. The zero-order valence-corrected chi connectivity index (χ0v) is 28.5. The fraction of sp³-hybridized carbons (Fsp3) is 0.889. The number of ether oxygens (including phenoxy) is 3. The molecule has 0 aromatic rings. The summed E-state index contributed by atoms with van der Waals surface area (Å²) >= 11 is 0. The number of aliphatic carboxylic acids is 1. The third-order valence-electron chi connectivity index (χ3n) is 15.3. The summed E-state index contributed by atoms with van der Waals surface area (Å²) in [5.41, 5.74) is -1.47. The molecule has 260 valence electrons. The Balaban J connectivity index is 1.33. The molecule has 1 aliphatic heterocycles. The Kier molecular flexibility index (Phi) is 8.38. The minimum absolute atomic E-state index is 0.0942. The van der Waals surface area contributed by atoms with E-state index in [2.05, 4.69) is 33.8 Å². The molecule has 6 aliphatic rings. The van der Waals surface area contributed by atoms with Crippen molar-refractivity contribution in [3.63, 3.8) is 0 Å². The van der Waals surface area contributed by atoms with Crippen molar-refractivity contribution in [1.29, 1.82) is 0 Å². The number of rotatable bonds is 5. The Morgan fingerprint density at radius 1 is 0.935 bits per heavy atom. The molecule has 46 heavy (non-hydrogen) atoms. The molecule has 0 aromatic heterocycles. The number of fused-ring (bicyclic) bond motifs is 7. The second-order valence-corrected chi connectivity index (χ2v) is 17.1. The lowest BCUT2D eigenvalue weighted by Gasteiger charge is -2.71. The van der Waals surface area contributed by atoms with E-state index >= 15 is 0 Å². The molecule has 0 unspecified atom stereocenters. The lowest BCUT2D eigenvalue weighted by Crippen LogP contribution is -2.66. The number of aliphatic hydroxyl groups is 4. The summed E-state index contributed by atoms with van der Waals surface area (Å²) in [6.45, 7) is 10.9. The summed E-state index contributed by atoms with van der Waals surface area (Å²) in [6, 6.07) is 0. The fourth-order valence-corrected chi connectivity index (χ4v) is 12.2. The Morgan fingerprint density at radius 2 is 1.63 bits per heavy atom. The van der Waals surface area contributed by atoms with Crippen LogP contribution in [0.25, 0.3) is 0 Å². The Bertz CT molecular complexity index is 1270. The van der Waals surface area contributed by atoms with Crippen molar-refractivity contribution in [3.05, 3.63) is 11.6 Å². The van der Waals surface area contributed by atoms with Crippen LogP contribution in [0.5, 0.6) is 0 Å². The molecule has 6 rings (SSSR count). The SMILES string of the molecule is COC(=O)[C@@]1(C)CC[C@]2(C(=O)O)CC[C@]3(C)C(=CC[C@@H]4[C@@]5(C)CC[C@H](O[C@@H]6OC[C@@H](O)[C@H](O)[C@H]6O)[C@@](C)(CO)[C@H]5CC[C@]43C)[C@@H]2C1. The average Bonchev–Trinajstić information content (AvgIpc) is 3.02. The highest BCUT2D eigenvalue weighted by Crippen LogP contribution is 2.76. The van der Waals surface area contributed by atoms with E-state index < -0.39 is 52.9 Å². The molecule has 10 heteroatoms. The van der Waals surface area contributed by atoms with E-state index in [9.17, 15) is 35.1 Å². The molecule has 5 N–H and O–H groups in total. The van der Waals surface area contributed by atoms with Crippen LogP contribution in [0, 0.1) is 50.2 Å². The van der Waals surface area contributed by atoms with Crippen LogP contribution in [0.4, 0.5) is 0 Å². The third kappa shape index (κ3) is 4.49. The molecule has 0 amide bonds.